The maximum atomic E-state index is 11.1. The van der Waals surface area contributed by atoms with Crippen LogP contribution >= 0.6 is 0 Å². The zero-order valence-electron chi connectivity index (χ0n) is 17.0. The summed E-state index contributed by atoms with van der Waals surface area (Å²) in [6, 6.07) is 4.34. The molecule has 0 spiro atoms. The molecule has 2 heterocycles. The van der Waals surface area contributed by atoms with Crippen molar-refractivity contribution in [3.8, 4) is 0 Å². The fourth-order valence-electron chi connectivity index (χ4n) is 7.06. The Hall–Kier alpha value is -1.92. The molecule has 1 aliphatic heterocycles. The minimum atomic E-state index is -0.544. The molecule has 1 aromatic rings. The number of rotatable bonds is 6. The van der Waals surface area contributed by atoms with Crippen molar-refractivity contribution < 1.29 is 10.0 Å². The SMILES string of the molecule is O=C(/C=C/c1ccc(N[C@@H]2CCN(CC34CC5CC(CC(C5)C3)C4)C2)nc1)NO. The molecule has 5 aliphatic rings. The summed E-state index contributed by atoms with van der Waals surface area (Å²) in [6.45, 7) is 3.61. The predicted molar refractivity (Wildman–Crippen MR) is 112 cm³/mol. The molecular formula is C23H32N4O2. The minimum absolute atomic E-state index is 0.456. The average molecular weight is 397 g/mol. The first-order chi connectivity index (χ1) is 14.1. The molecule has 1 saturated heterocycles. The van der Waals surface area contributed by atoms with Gasteiger partial charge in [0, 0.05) is 37.9 Å². The summed E-state index contributed by atoms with van der Waals surface area (Å²) in [5.41, 5.74) is 3.03. The Labute approximate surface area is 172 Å². The van der Waals surface area contributed by atoms with E-state index in [1.807, 2.05) is 12.1 Å². The number of nitrogens with zero attached hydrogens (tertiary/aromatic N) is 2. The Balaban J connectivity index is 1.14. The molecule has 0 radical (unpaired) electrons. The lowest BCUT2D eigenvalue weighted by molar-refractivity contribution is -0.124. The van der Waals surface area contributed by atoms with Crippen LogP contribution < -0.4 is 10.8 Å². The van der Waals surface area contributed by atoms with Crippen LogP contribution in [-0.2, 0) is 4.79 Å². The second kappa shape index (κ2) is 7.73. The smallest absolute Gasteiger partial charge is 0.267 e. The molecule has 4 saturated carbocycles. The molecule has 1 amide bonds. The van der Waals surface area contributed by atoms with E-state index in [0.717, 1.165) is 35.7 Å². The van der Waals surface area contributed by atoms with Gasteiger partial charge in [0.05, 0.1) is 0 Å². The Morgan fingerprint density at radius 2 is 1.93 bits per heavy atom. The normalized spacial score (nSPS) is 36.0. The summed E-state index contributed by atoms with van der Waals surface area (Å²) < 4.78 is 0. The first-order valence-electron chi connectivity index (χ1n) is 11.2. The highest BCUT2D eigenvalue weighted by Crippen LogP contribution is 2.60. The number of hydroxylamine groups is 1. The van der Waals surface area contributed by atoms with Crippen LogP contribution in [-0.4, -0.2) is 46.7 Å². The number of pyridine rings is 1. The molecule has 1 atom stereocenters. The Kier molecular flexibility index (Phi) is 5.08. The summed E-state index contributed by atoms with van der Waals surface area (Å²) >= 11 is 0. The Bertz CT molecular complexity index is 740. The van der Waals surface area contributed by atoms with Crippen molar-refractivity contribution in [3.05, 3.63) is 30.0 Å². The fraction of sp³-hybridized carbons (Fsp3) is 0.652. The molecule has 0 aromatic carbocycles. The molecule has 29 heavy (non-hydrogen) atoms. The highest BCUT2D eigenvalue weighted by atomic mass is 16.5. The number of aromatic nitrogens is 1. The first-order valence-corrected chi connectivity index (χ1v) is 11.2. The van der Waals surface area contributed by atoms with Gasteiger partial charge in [0.15, 0.2) is 0 Å². The molecular weight excluding hydrogens is 364 g/mol. The summed E-state index contributed by atoms with van der Waals surface area (Å²) in [5.74, 6) is 3.42. The van der Waals surface area contributed by atoms with E-state index in [9.17, 15) is 4.79 Å². The number of hydrogen-bond donors (Lipinski definition) is 3. The second-order valence-electron chi connectivity index (χ2n) is 10.1. The molecule has 156 valence electrons. The van der Waals surface area contributed by atoms with Crippen molar-refractivity contribution >= 4 is 17.8 Å². The van der Waals surface area contributed by atoms with Crippen molar-refractivity contribution in [2.75, 3.05) is 25.0 Å². The van der Waals surface area contributed by atoms with Gasteiger partial charge in [-0.2, -0.15) is 0 Å². The van der Waals surface area contributed by atoms with E-state index in [1.54, 1.807) is 17.8 Å². The van der Waals surface area contributed by atoms with Crippen molar-refractivity contribution in [1.82, 2.24) is 15.4 Å². The van der Waals surface area contributed by atoms with E-state index in [4.69, 9.17) is 5.21 Å². The number of hydrogen-bond acceptors (Lipinski definition) is 5. The van der Waals surface area contributed by atoms with Crippen LogP contribution in [0, 0.1) is 23.2 Å². The summed E-state index contributed by atoms with van der Waals surface area (Å²) in [5, 5.41) is 12.1. The van der Waals surface area contributed by atoms with Crippen LogP contribution in [0.15, 0.2) is 24.4 Å². The van der Waals surface area contributed by atoms with Crippen LogP contribution in [0.3, 0.4) is 0 Å². The average Bonchev–Trinajstić information content (AvgIpc) is 3.12. The monoisotopic (exact) mass is 396 g/mol. The van der Waals surface area contributed by atoms with Gasteiger partial charge < -0.3 is 10.2 Å². The fourth-order valence-corrected chi connectivity index (χ4v) is 7.06. The lowest BCUT2D eigenvalue weighted by Crippen LogP contribution is -2.51. The lowest BCUT2D eigenvalue weighted by Gasteiger charge is -2.57. The summed E-state index contributed by atoms with van der Waals surface area (Å²) in [7, 11) is 0. The molecule has 1 aromatic heterocycles. The van der Waals surface area contributed by atoms with Gasteiger partial charge in [-0.25, -0.2) is 10.5 Å². The van der Waals surface area contributed by atoms with Gasteiger partial charge in [0.1, 0.15) is 5.82 Å². The molecule has 3 N–H and O–H groups in total. The topological polar surface area (TPSA) is 77.5 Å². The number of nitrogens with one attached hydrogen (secondary N) is 2. The van der Waals surface area contributed by atoms with E-state index in [-0.39, 0.29) is 0 Å². The van der Waals surface area contributed by atoms with E-state index in [1.165, 1.54) is 64.1 Å². The van der Waals surface area contributed by atoms with Gasteiger partial charge >= 0.3 is 0 Å². The third kappa shape index (κ3) is 4.19. The lowest BCUT2D eigenvalue weighted by atomic mass is 9.49. The number of likely N-dealkylation sites (tertiary alicyclic amines) is 1. The zero-order valence-corrected chi connectivity index (χ0v) is 17.0. The van der Waals surface area contributed by atoms with E-state index >= 15 is 0 Å². The van der Waals surface area contributed by atoms with E-state index < -0.39 is 5.91 Å². The van der Waals surface area contributed by atoms with Crippen LogP contribution in [0.2, 0.25) is 0 Å². The number of carbonyl (C=O) groups excluding carboxylic acids is 1. The highest BCUT2D eigenvalue weighted by molar-refractivity contribution is 5.90. The van der Waals surface area contributed by atoms with Crippen molar-refractivity contribution in [3.63, 3.8) is 0 Å². The van der Waals surface area contributed by atoms with Crippen molar-refractivity contribution in [2.24, 2.45) is 23.2 Å². The third-order valence-electron chi connectivity index (χ3n) is 7.67. The summed E-state index contributed by atoms with van der Waals surface area (Å²) in [6.07, 6.45) is 14.8. The van der Waals surface area contributed by atoms with E-state index in [2.05, 4.69) is 15.2 Å². The summed E-state index contributed by atoms with van der Waals surface area (Å²) in [4.78, 5) is 18.2. The largest absolute Gasteiger partial charge is 0.366 e. The van der Waals surface area contributed by atoms with Gasteiger partial charge in [-0.05, 0) is 91.9 Å². The maximum Gasteiger partial charge on any atom is 0.267 e. The molecule has 4 aliphatic carbocycles. The number of anilines is 1. The van der Waals surface area contributed by atoms with E-state index in [0.29, 0.717) is 11.5 Å². The molecule has 5 fully saturated rings. The van der Waals surface area contributed by atoms with Crippen molar-refractivity contribution in [1.29, 1.82) is 0 Å². The molecule has 0 unspecified atom stereocenters. The van der Waals surface area contributed by atoms with Crippen LogP contribution in [0.5, 0.6) is 0 Å². The second-order valence-corrected chi connectivity index (χ2v) is 10.1. The standard InChI is InChI=1S/C23H32N4O2/c28-22(26-29)4-2-16-1-3-21(24-13-16)25-20-5-6-27(14-20)15-23-10-17-7-18(11-23)9-19(8-17)12-23/h1-4,13,17-20,29H,5-12,14-15H2,(H,24,25)(H,26,28)/b4-2+/t17?,18?,19?,20-,23?/m1/s1. The number of amides is 1. The van der Waals surface area contributed by atoms with Gasteiger partial charge in [0.2, 0.25) is 0 Å². The van der Waals surface area contributed by atoms with Crippen LogP contribution in [0.25, 0.3) is 6.08 Å². The molecule has 6 nitrogen and oxygen atoms in total. The number of carbonyl (C=O) groups is 1. The molecule has 4 bridgehead atoms. The Morgan fingerprint density at radius 3 is 2.55 bits per heavy atom. The molecule has 6 rings (SSSR count). The van der Waals surface area contributed by atoms with Gasteiger partial charge in [-0.3, -0.25) is 10.0 Å². The quantitative estimate of drug-likeness (QED) is 0.391. The highest BCUT2D eigenvalue weighted by Gasteiger charge is 2.51. The van der Waals surface area contributed by atoms with Gasteiger partial charge in [-0.1, -0.05) is 0 Å². The molecule has 6 heteroatoms. The van der Waals surface area contributed by atoms with Crippen LogP contribution in [0.4, 0.5) is 5.82 Å². The zero-order chi connectivity index (χ0) is 19.8. The van der Waals surface area contributed by atoms with Gasteiger partial charge in [0.25, 0.3) is 5.91 Å². The van der Waals surface area contributed by atoms with Crippen molar-refractivity contribution in [2.45, 2.75) is 51.0 Å². The third-order valence-corrected chi connectivity index (χ3v) is 7.67. The minimum Gasteiger partial charge on any atom is -0.366 e. The first kappa shape index (κ1) is 19.1. The van der Waals surface area contributed by atoms with Crippen LogP contribution in [0.1, 0.15) is 50.5 Å². The maximum absolute atomic E-state index is 11.1. The van der Waals surface area contributed by atoms with Gasteiger partial charge in [-0.15, -0.1) is 0 Å². The Morgan fingerprint density at radius 1 is 1.21 bits per heavy atom. The predicted octanol–water partition coefficient (Wildman–Crippen LogP) is 3.30.